The summed E-state index contributed by atoms with van der Waals surface area (Å²) in [4.78, 5) is 13.7. The van der Waals surface area contributed by atoms with Gasteiger partial charge in [0.15, 0.2) is 0 Å². The normalized spacial score (nSPS) is 15.2. The van der Waals surface area contributed by atoms with Crippen LogP contribution in [-0.2, 0) is 4.74 Å². The molecule has 1 heterocycles. The first-order valence-corrected chi connectivity index (χ1v) is 7.41. The van der Waals surface area contributed by atoms with Crippen molar-refractivity contribution in [2.24, 2.45) is 0 Å². The van der Waals surface area contributed by atoms with Crippen molar-refractivity contribution in [2.45, 2.75) is 18.9 Å². The summed E-state index contributed by atoms with van der Waals surface area (Å²) in [6.07, 6.45) is 1.71. The molecule has 6 nitrogen and oxygen atoms in total. The maximum Gasteiger partial charge on any atom is 0.317 e. The van der Waals surface area contributed by atoms with Crippen LogP contribution >= 0.6 is 0 Å². The maximum absolute atomic E-state index is 11.9. The van der Waals surface area contributed by atoms with Crippen LogP contribution in [0.5, 0.6) is 5.75 Å². The smallest absolute Gasteiger partial charge is 0.317 e. The van der Waals surface area contributed by atoms with Crippen molar-refractivity contribution in [3.8, 4) is 11.8 Å². The Morgan fingerprint density at radius 3 is 2.64 bits per heavy atom. The molecule has 0 aromatic heterocycles. The summed E-state index contributed by atoms with van der Waals surface area (Å²) in [5.41, 5.74) is 0.620. The van der Waals surface area contributed by atoms with Gasteiger partial charge in [-0.2, -0.15) is 5.26 Å². The number of rotatable bonds is 5. The highest BCUT2D eigenvalue weighted by Gasteiger charge is 2.23. The highest BCUT2D eigenvalue weighted by Crippen LogP contribution is 2.19. The summed E-state index contributed by atoms with van der Waals surface area (Å²) in [6, 6.07) is 9.14. The zero-order valence-electron chi connectivity index (χ0n) is 12.7. The molecule has 1 aromatic carbocycles. The lowest BCUT2D eigenvalue weighted by molar-refractivity contribution is 0.109. The summed E-state index contributed by atoms with van der Waals surface area (Å²) < 4.78 is 10.8. The Kier molecular flexibility index (Phi) is 6.04. The quantitative estimate of drug-likeness (QED) is 0.841. The van der Waals surface area contributed by atoms with Crippen molar-refractivity contribution in [3.63, 3.8) is 0 Å². The lowest BCUT2D eigenvalue weighted by atomic mass is 10.1. The molecule has 0 radical (unpaired) electrons. The minimum Gasteiger partial charge on any atom is -0.490 e. The number of carbonyl (C=O) groups excluding carboxylic acids is 1. The van der Waals surface area contributed by atoms with Gasteiger partial charge in [0.1, 0.15) is 11.9 Å². The summed E-state index contributed by atoms with van der Waals surface area (Å²) in [5.74, 6) is 0.766. The van der Waals surface area contributed by atoms with Crippen molar-refractivity contribution in [1.82, 2.24) is 10.2 Å². The van der Waals surface area contributed by atoms with E-state index in [0.717, 1.165) is 18.6 Å². The topological polar surface area (TPSA) is 74.6 Å². The predicted molar refractivity (Wildman–Crippen MR) is 81.7 cm³/mol. The molecule has 6 heteroatoms. The summed E-state index contributed by atoms with van der Waals surface area (Å²) in [6.45, 7) is 2.40. The summed E-state index contributed by atoms with van der Waals surface area (Å²) >= 11 is 0. The van der Waals surface area contributed by atoms with Gasteiger partial charge in [-0.1, -0.05) is 0 Å². The first-order chi connectivity index (χ1) is 10.7. The molecule has 1 saturated heterocycles. The zero-order chi connectivity index (χ0) is 15.8. The number of ether oxygens (including phenoxy) is 2. The van der Waals surface area contributed by atoms with Gasteiger partial charge in [0, 0.05) is 39.6 Å². The number of methoxy groups -OCH3 is 1. The molecule has 1 N–H and O–H groups in total. The Morgan fingerprint density at radius 2 is 2.05 bits per heavy atom. The van der Waals surface area contributed by atoms with E-state index in [2.05, 4.69) is 11.4 Å². The minimum absolute atomic E-state index is 0.0473. The van der Waals surface area contributed by atoms with Crippen molar-refractivity contribution in [1.29, 1.82) is 5.26 Å². The Bertz CT molecular complexity index is 516. The number of amides is 2. The molecular formula is C16H21N3O3. The number of urea groups is 1. The molecule has 118 valence electrons. The van der Waals surface area contributed by atoms with Crippen molar-refractivity contribution >= 4 is 6.03 Å². The second kappa shape index (κ2) is 8.25. The van der Waals surface area contributed by atoms with E-state index in [1.165, 1.54) is 0 Å². The molecule has 0 aliphatic carbocycles. The first kappa shape index (κ1) is 16.1. The van der Waals surface area contributed by atoms with Gasteiger partial charge in [-0.3, -0.25) is 0 Å². The molecule has 0 bridgehead atoms. The number of benzene rings is 1. The second-order valence-corrected chi connectivity index (χ2v) is 5.17. The molecule has 0 saturated carbocycles. The number of likely N-dealkylation sites (tertiary alicyclic amines) is 1. The van der Waals surface area contributed by atoms with Gasteiger partial charge in [-0.15, -0.1) is 0 Å². The Labute approximate surface area is 130 Å². The molecule has 0 atom stereocenters. The minimum atomic E-state index is -0.0473. The predicted octanol–water partition coefficient (Wildman–Crippen LogP) is 1.76. The van der Waals surface area contributed by atoms with Crippen LogP contribution in [0.1, 0.15) is 18.4 Å². The zero-order valence-corrected chi connectivity index (χ0v) is 12.7. The van der Waals surface area contributed by atoms with E-state index < -0.39 is 0 Å². The van der Waals surface area contributed by atoms with Gasteiger partial charge >= 0.3 is 6.03 Å². The fourth-order valence-corrected chi connectivity index (χ4v) is 2.35. The Morgan fingerprint density at radius 1 is 1.36 bits per heavy atom. The number of hydrogen-bond donors (Lipinski definition) is 1. The van der Waals surface area contributed by atoms with Crippen LogP contribution < -0.4 is 10.1 Å². The van der Waals surface area contributed by atoms with Crippen LogP contribution in [-0.4, -0.2) is 50.4 Å². The average Bonchev–Trinajstić information content (AvgIpc) is 2.56. The monoisotopic (exact) mass is 303 g/mol. The van der Waals surface area contributed by atoms with Crippen LogP contribution in [0.4, 0.5) is 4.79 Å². The number of hydrogen-bond acceptors (Lipinski definition) is 4. The van der Waals surface area contributed by atoms with Crippen LogP contribution in [0.3, 0.4) is 0 Å². The Balaban J connectivity index is 1.74. The maximum atomic E-state index is 11.9. The number of nitriles is 1. The first-order valence-electron chi connectivity index (χ1n) is 7.41. The van der Waals surface area contributed by atoms with Crippen LogP contribution in [0.25, 0.3) is 0 Å². The third kappa shape index (κ3) is 4.64. The van der Waals surface area contributed by atoms with E-state index in [-0.39, 0.29) is 12.1 Å². The van der Waals surface area contributed by atoms with Gasteiger partial charge in [0.25, 0.3) is 0 Å². The molecule has 1 aliphatic rings. The molecule has 1 fully saturated rings. The number of nitrogens with zero attached hydrogens (tertiary/aromatic N) is 2. The highest BCUT2D eigenvalue weighted by molar-refractivity contribution is 5.74. The lowest BCUT2D eigenvalue weighted by Gasteiger charge is -2.32. The molecule has 1 aliphatic heterocycles. The van der Waals surface area contributed by atoms with Crippen LogP contribution in [0.15, 0.2) is 24.3 Å². The van der Waals surface area contributed by atoms with Gasteiger partial charge < -0.3 is 19.7 Å². The van der Waals surface area contributed by atoms with Crippen LogP contribution in [0.2, 0.25) is 0 Å². The number of nitrogens with one attached hydrogen (secondary N) is 1. The fourth-order valence-electron chi connectivity index (χ4n) is 2.35. The van der Waals surface area contributed by atoms with Gasteiger partial charge in [-0.05, 0) is 24.3 Å². The van der Waals surface area contributed by atoms with E-state index in [4.69, 9.17) is 14.7 Å². The Hall–Kier alpha value is -2.26. The third-order valence-corrected chi connectivity index (χ3v) is 3.60. The van der Waals surface area contributed by atoms with E-state index >= 15 is 0 Å². The number of piperidine rings is 1. The molecule has 22 heavy (non-hydrogen) atoms. The van der Waals surface area contributed by atoms with E-state index in [1.807, 2.05) is 12.1 Å². The van der Waals surface area contributed by atoms with Gasteiger partial charge in [-0.25, -0.2) is 4.79 Å². The van der Waals surface area contributed by atoms with E-state index in [1.54, 1.807) is 24.1 Å². The molecule has 0 unspecified atom stereocenters. The molecule has 0 spiro atoms. The lowest BCUT2D eigenvalue weighted by Crippen LogP contribution is -2.47. The van der Waals surface area contributed by atoms with Gasteiger partial charge in [0.2, 0.25) is 0 Å². The van der Waals surface area contributed by atoms with Gasteiger partial charge in [0.05, 0.1) is 18.2 Å². The SMILES string of the molecule is COCCNC(=O)N1CCC(Oc2ccc(C#N)cc2)CC1. The second-order valence-electron chi connectivity index (χ2n) is 5.17. The summed E-state index contributed by atoms with van der Waals surface area (Å²) in [5, 5.41) is 11.6. The van der Waals surface area contributed by atoms with Crippen molar-refractivity contribution in [3.05, 3.63) is 29.8 Å². The van der Waals surface area contributed by atoms with Crippen LogP contribution in [0, 0.1) is 11.3 Å². The fraction of sp³-hybridized carbons (Fsp3) is 0.500. The molecule has 2 rings (SSSR count). The summed E-state index contributed by atoms with van der Waals surface area (Å²) in [7, 11) is 1.61. The average molecular weight is 303 g/mol. The largest absolute Gasteiger partial charge is 0.490 e. The standard InChI is InChI=1S/C16H21N3O3/c1-21-11-8-18-16(20)19-9-6-15(7-10-19)22-14-4-2-13(12-17)3-5-14/h2-5,15H,6-11H2,1H3,(H,18,20). The molecule has 1 aromatic rings. The molecular weight excluding hydrogens is 282 g/mol. The van der Waals surface area contributed by atoms with E-state index in [9.17, 15) is 4.79 Å². The third-order valence-electron chi connectivity index (χ3n) is 3.60. The van der Waals surface area contributed by atoms with Crippen molar-refractivity contribution < 1.29 is 14.3 Å². The van der Waals surface area contributed by atoms with Crippen molar-refractivity contribution in [2.75, 3.05) is 33.4 Å². The molecule has 2 amide bonds. The highest BCUT2D eigenvalue weighted by atomic mass is 16.5. The number of carbonyl (C=O) groups is 1. The van der Waals surface area contributed by atoms with E-state index in [0.29, 0.717) is 31.8 Å².